The molecule has 10 heteroatoms. The molecule has 1 aromatic carbocycles. The van der Waals surface area contributed by atoms with Crippen molar-refractivity contribution in [2.75, 3.05) is 7.11 Å². The molecule has 1 amide bonds. The zero-order chi connectivity index (χ0) is 23.5. The van der Waals surface area contributed by atoms with Crippen molar-refractivity contribution in [3.8, 4) is 28.5 Å². The largest absolute Gasteiger partial charge is 0.481 e. The Bertz CT molecular complexity index is 1170. The zero-order valence-corrected chi connectivity index (χ0v) is 17.6. The molecule has 2 aromatic heterocycles. The van der Waals surface area contributed by atoms with Crippen molar-refractivity contribution in [3.05, 3.63) is 64.1 Å². The van der Waals surface area contributed by atoms with E-state index in [1.807, 2.05) is 0 Å². The summed E-state index contributed by atoms with van der Waals surface area (Å²) < 4.78 is 46.0. The Morgan fingerprint density at radius 2 is 1.94 bits per heavy atom. The second-order valence-electron chi connectivity index (χ2n) is 7.32. The van der Waals surface area contributed by atoms with Crippen molar-refractivity contribution in [2.45, 2.75) is 26.6 Å². The van der Waals surface area contributed by atoms with Gasteiger partial charge in [0, 0.05) is 41.9 Å². The lowest BCUT2D eigenvalue weighted by atomic mass is 10.0. The van der Waals surface area contributed by atoms with E-state index in [1.165, 1.54) is 31.5 Å². The molecule has 2 N–H and O–H groups in total. The van der Waals surface area contributed by atoms with Crippen molar-refractivity contribution in [3.63, 3.8) is 0 Å². The molecular formula is C22H21F3N4O3. The van der Waals surface area contributed by atoms with Crippen LogP contribution in [-0.4, -0.2) is 28.0 Å². The van der Waals surface area contributed by atoms with E-state index in [-0.39, 0.29) is 35.5 Å². The van der Waals surface area contributed by atoms with Crippen LogP contribution in [0.15, 0.2) is 47.4 Å². The van der Waals surface area contributed by atoms with Gasteiger partial charge in [-0.1, -0.05) is 19.9 Å². The van der Waals surface area contributed by atoms with Crippen LogP contribution in [0.2, 0.25) is 0 Å². The van der Waals surface area contributed by atoms with Gasteiger partial charge in [-0.05, 0) is 23.8 Å². The molecule has 0 fully saturated rings. The molecule has 7 nitrogen and oxygen atoms in total. The highest BCUT2D eigenvalue weighted by Crippen LogP contribution is 2.36. The third kappa shape index (κ3) is 5.32. The van der Waals surface area contributed by atoms with Gasteiger partial charge in [0.1, 0.15) is 5.82 Å². The summed E-state index contributed by atoms with van der Waals surface area (Å²) in [5.41, 5.74) is -0.843. The Morgan fingerprint density at radius 3 is 2.53 bits per heavy atom. The molecule has 0 aliphatic carbocycles. The highest BCUT2D eigenvalue weighted by molar-refractivity contribution is 5.78. The number of hydrogen-bond acceptors (Lipinski definition) is 5. The Balaban J connectivity index is 2.07. The van der Waals surface area contributed by atoms with Gasteiger partial charge < -0.3 is 15.0 Å². The molecule has 0 saturated carbocycles. The maximum Gasteiger partial charge on any atom is 0.417 e. The summed E-state index contributed by atoms with van der Waals surface area (Å²) in [6.45, 7) is 3.46. The van der Waals surface area contributed by atoms with Crippen LogP contribution in [-0.2, 0) is 17.5 Å². The molecule has 168 valence electrons. The van der Waals surface area contributed by atoms with Gasteiger partial charge in [0.15, 0.2) is 0 Å². The number of nitrogens with one attached hydrogen (secondary N) is 2. The first-order valence-corrected chi connectivity index (χ1v) is 9.68. The van der Waals surface area contributed by atoms with E-state index in [4.69, 9.17) is 4.74 Å². The van der Waals surface area contributed by atoms with Gasteiger partial charge in [-0.15, -0.1) is 0 Å². The first kappa shape index (κ1) is 23.0. The molecule has 0 aliphatic rings. The van der Waals surface area contributed by atoms with Crippen LogP contribution in [0.25, 0.3) is 22.6 Å². The monoisotopic (exact) mass is 446 g/mol. The molecule has 0 saturated heterocycles. The summed E-state index contributed by atoms with van der Waals surface area (Å²) in [5, 5.41) is 2.66. The molecular weight excluding hydrogens is 425 g/mol. The quantitative estimate of drug-likeness (QED) is 0.601. The van der Waals surface area contributed by atoms with Crippen molar-refractivity contribution in [1.29, 1.82) is 0 Å². The Kier molecular flexibility index (Phi) is 6.61. The summed E-state index contributed by atoms with van der Waals surface area (Å²) in [6.07, 6.45) is -3.27. The predicted molar refractivity (Wildman–Crippen MR) is 112 cm³/mol. The predicted octanol–water partition coefficient (Wildman–Crippen LogP) is 3.80. The number of H-pyrrole nitrogens is 1. The molecule has 3 rings (SSSR count). The molecule has 32 heavy (non-hydrogen) atoms. The van der Waals surface area contributed by atoms with Crippen molar-refractivity contribution >= 4 is 5.91 Å². The lowest BCUT2D eigenvalue weighted by Gasteiger charge is -2.15. The van der Waals surface area contributed by atoms with Crippen LogP contribution in [0.5, 0.6) is 5.88 Å². The van der Waals surface area contributed by atoms with E-state index in [2.05, 4.69) is 20.3 Å². The number of alkyl halides is 3. The first-order valence-electron chi connectivity index (χ1n) is 9.68. The smallest absolute Gasteiger partial charge is 0.417 e. The minimum absolute atomic E-state index is 0.0362. The van der Waals surface area contributed by atoms with Gasteiger partial charge in [0.05, 0.1) is 18.4 Å². The number of rotatable bonds is 6. The summed E-state index contributed by atoms with van der Waals surface area (Å²) in [6, 6.07) is 7.78. The van der Waals surface area contributed by atoms with Crippen LogP contribution in [0.4, 0.5) is 13.2 Å². The van der Waals surface area contributed by atoms with Gasteiger partial charge >= 0.3 is 6.18 Å². The number of carbonyl (C=O) groups excluding carboxylic acids is 1. The Morgan fingerprint density at radius 1 is 1.19 bits per heavy atom. The van der Waals surface area contributed by atoms with Crippen LogP contribution < -0.4 is 15.6 Å². The number of ether oxygens (including phenoxy) is 1. The standard InChI is InChI=1S/C22H21F3N4O3/c1-12(2)21(31)27-10-13-4-6-16(22(23,24)25)15(8-13)20-28-17(9-18(30)29-20)14-5-7-19(32-3)26-11-14/h4-9,11-12H,10H2,1-3H3,(H,27,31)(H,28,29,30). The minimum atomic E-state index is -4.68. The second kappa shape index (κ2) is 9.21. The molecule has 0 unspecified atom stereocenters. The highest BCUT2D eigenvalue weighted by atomic mass is 19.4. The summed E-state index contributed by atoms with van der Waals surface area (Å²) in [7, 11) is 1.45. The van der Waals surface area contributed by atoms with Crippen molar-refractivity contribution in [2.24, 2.45) is 5.92 Å². The number of benzene rings is 1. The molecule has 0 spiro atoms. The van der Waals surface area contributed by atoms with Crippen LogP contribution in [0.1, 0.15) is 25.0 Å². The van der Waals surface area contributed by atoms with E-state index in [1.54, 1.807) is 26.0 Å². The van der Waals surface area contributed by atoms with E-state index in [9.17, 15) is 22.8 Å². The number of aromatic nitrogens is 3. The number of amides is 1. The molecule has 3 aromatic rings. The normalized spacial score (nSPS) is 11.5. The number of methoxy groups -OCH3 is 1. The third-order valence-electron chi connectivity index (χ3n) is 4.62. The van der Waals surface area contributed by atoms with E-state index in [0.29, 0.717) is 17.0 Å². The Hall–Kier alpha value is -3.69. The van der Waals surface area contributed by atoms with Crippen molar-refractivity contribution in [1.82, 2.24) is 20.3 Å². The third-order valence-corrected chi connectivity index (χ3v) is 4.62. The molecule has 0 bridgehead atoms. The van der Waals surface area contributed by atoms with Crippen LogP contribution in [0, 0.1) is 5.92 Å². The van der Waals surface area contributed by atoms with E-state index >= 15 is 0 Å². The fraction of sp³-hybridized carbons (Fsp3) is 0.273. The fourth-order valence-electron chi connectivity index (χ4n) is 2.92. The maximum absolute atomic E-state index is 13.7. The van der Waals surface area contributed by atoms with Crippen LogP contribution in [0.3, 0.4) is 0 Å². The number of aromatic amines is 1. The summed E-state index contributed by atoms with van der Waals surface area (Å²) in [5.74, 6) is -0.397. The lowest BCUT2D eigenvalue weighted by molar-refractivity contribution is -0.137. The van der Waals surface area contributed by atoms with Crippen LogP contribution >= 0.6 is 0 Å². The summed E-state index contributed by atoms with van der Waals surface area (Å²) in [4.78, 5) is 34.7. The second-order valence-corrected chi connectivity index (χ2v) is 7.32. The van der Waals surface area contributed by atoms with Gasteiger partial charge in [0.25, 0.3) is 5.56 Å². The number of hydrogen-bond donors (Lipinski definition) is 2. The number of pyridine rings is 1. The summed E-state index contributed by atoms with van der Waals surface area (Å²) >= 11 is 0. The van der Waals surface area contributed by atoms with E-state index < -0.39 is 17.3 Å². The number of halogens is 3. The fourth-order valence-corrected chi connectivity index (χ4v) is 2.92. The lowest BCUT2D eigenvalue weighted by Crippen LogP contribution is -2.27. The van der Waals surface area contributed by atoms with Gasteiger partial charge in [-0.25, -0.2) is 9.97 Å². The van der Waals surface area contributed by atoms with E-state index in [0.717, 1.165) is 6.07 Å². The molecule has 0 atom stereocenters. The minimum Gasteiger partial charge on any atom is -0.481 e. The highest BCUT2D eigenvalue weighted by Gasteiger charge is 2.34. The van der Waals surface area contributed by atoms with Gasteiger partial charge in [0.2, 0.25) is 11.8 Å². The molecule has 0 radical (unpaired) electrons. The van der Waals surface area contributed by atoms with Crippen molar-refractivity contribution < 1.29 is 22.7 Å². The zero-order valence-electron chi connectivity index (χ0n) is 17.6. The average molecular weight is 446 g/mol. The number of carbonyl (C=O) groups is 1. The molecule has 0 aliphatic heterocycles. The topological polar surface area (TPSA) is 97.0 Å². The SMILES string of the molecule is COc1ccc(-c2cc(=O)[nH]c(-c3cc(CNC(=O)C(C)C)ccc3C(F)(F)F)n2)cn1. The molecule has 2 heterocycles. The Labute approximate surface area is 181 Å². The average Bonchev–Trinajstić information content (AvgIpc) is 2.76. The number of nitrogens with zero attached hydrogens (tertiary/aromatic N) is 2. The maximum atomic E-state index is 13.7. The van der Waals surface area contributed by atoms with Gasteiger partial charge in [-0.2, -0.15) is 13.2 Å². The first-order chi connectivity index (χ1) is 15.1. The van der Waals surface area contributed by atoms with Gasteiger partial charge in [-0.3, -0.25) is 9.59 Å².